The number of carboxylic acid groups (broad SMARTS) is 1. The molecule has 1 aromatic carbocycles. The zero-order chi connectivity index (χ0) is 19.9. The summed E-state index contributed by atoms with van der Waals surface area (Å²) in [4.78, 5) is 11.3. The molecule has 0 saturated heterocycles. The quantitative estimate of drug-likeness (QED) is 0.629. The minimum absolute atomic E-state index is 0.124. The third kappa shape index (κ3) is 4.10. The molecule has 4 nitrogen and oxygen atoms in total. The summed E-state index contributed by atoms with van der Waals surface area (Å²) in [6, 6.07) is 2.58. The molecule has 2 N–H and O–H groups in total. The van der Waals surface area contributed by atoms with Gasteiger partial charge in [-0.15, -0.1) is 0 Å². The number of carboxylic acids is 1. The van der Waals surface area contributed by atoms with E-state index in [9.17, 15) is 14.3 Å². The first-order chi connectivity index (χ1) is 13.3. The van der Waals surface area contributed by atoms with E-state index in [-0.39, 0.29) is 17.1 Å². The molecule has 0 radical (unpaired) electrons. The fourth-order valence-corrected chi connectivity index (χ4v) is 5.99. The molecular weight excluding hydrogens is 381 g/mol. The fourth-order valence-electron chi connectivity index (χ4n) is 5.77. The predicted octanol–water partition coefficient (Wildman–Crippen LogP) is 5.74. The van der Waals surface area contributed by atoms with Gasteiger partial charge in [0, 0.05) is 17.5 Å². The molecule has 28 heavy (non-hydrogen) atoms. The third-order valence-corrected chi connectivity index (χ3v) is 7.28. The van der Waals surface area contributed by atoms with Gasteiger partial charge in [0.2, 0.25) is 0 Å². The summed E-state index contributed by atoms with van der Waals surface area (Å²) in [6.45, 7) is 2.82. The molecule has 0 aromatic heterocycles. The highest BCUT2D eigenvalue weighted by Gasteiger charge is 2.41. The topological polar surface area (TPSA) is 58.6 Å². The van der Waals surface area contributed by atoms with Crippen molar-refractivity contribution in [2.24, 2.45) is 23.2 Å². The van der Waals surface area contributed by atoms with Gasteiger partial charge in [-0.2, -0.15) is 0 Å². The Morgan fingerprint density at radius 3 is 2.68 bits per heavy atom. The van der Waals surface area contributed by atoms with E-state index < -0.39 is 17.7 Å². The summed E-state index contributed by atoms with van der Waals surface area (Å²) >= 11 is 6.37. The van der Waals surface area contributed by atoms with Crippen molar-refractivity contribution in [3.05, 3.63) is 23.0 Å². The van der Waals surface area contributed by atoms with Crippen molar-refractivity contribution in [2.75, 3.05) is 11.9 Å². The lowest BCUT2D eigenvalue weighted by molar-refractivity contribution is -0.141. The minimum atomic E-state index is -0.837. The highest BCUT2D eigenvalue weighted by atomic mass is 35.5. The molecule has 2 bridgehead atoms. The molecule has 3 fully saturated rings. The van der Waals surface area contributed by atoms with Crippen molar-refractivity contribution in [3.63, 3.8) is 0 Å². The molecule has 5 atom stereocenters. The van der Waals surface area contributed by atoms with Gasteiger partial charge in [0.25, 0.3) is 0 Å². The Hall–Kier alpha value is -1.49. The SMILES string of the molecule is CC1(COc2cc(F)c(NC3CCCC3C(=O)O)cc2Cl)C[C@@H]2CC[C@@H](C2)C1. The van der Waals surface area contributed by atoms with E-state index in [0.29, 0.717) is 30.2 Å². The van der Waals surface area contributed by atoms with Crippen LogP contribution in [0.15, 0.2) is 12.1 Å². The molecule has 3 unspecified atom stereocenters. The number of aliphatic carboxylic acids is 1. The summed E-state index contributed by atoms with van der Waals surface area (Å²) in [5, 5.41) is 12.7. The first-order valence-electron chi connectivity index (χ1n) is 10.4. The maximum absolute atomic E-state index is 14.7. The van der Waals surface area contributed by atoms with Crippen LogP contribution in [-0.4, -0.2) is 23.7 Å². The van der Waals surface area contributed by atoms with E-state index in [2.05, 4.69) is 12.2 Å². The minimum Gasteiger partial charge on any atom is -0.491 e. The third-order valence-electron chi connectivity index (χ3n) is 6.98. The van der Waals surface area contributed by atoms with Crippen molar-refractivity contribution in [1.29, 1.82) is 0 Å². The summed E-state index contributed by atoms with van der Waals surface area (Å²) in [5.74, 6) is 0.195. The Kier molecular flexibility index (Phi) is 5.47. The van der Waals surface area contributed by atoms with Gasteiger partial charge < -0.3 is 15.2 Å². The van der Waals surface area contributed by atoms with Gasteiger partial charge in [-0.25, -0.2) is 4.39 Å². The number of halogens is 2. The fraction of sp³-hybridized carbons (Fsp3) is 0.682. The van der Waals surface area contributed by atoms with Crippen molar-refractivity contribution < 1.29 is 19.0 Å². The average Bonchev–Trinajstić information content (AvgIpc) is 3.23. The smallest absolute Gasteiger partial charge is 0.308 e. The molecule has 3 aliphatic rings. The molecule has 0 aliphatic heterocycles. The zero-order valence-electron chi connectivity index (χ0n) is 16.3. The Balaban J connectivity index is 1.42. The van der Waals surface area contributed by atoms with Gasteiger partial charge in [-0.05, 0) is 50.0 Å². The maximum atomic E-state index is 14.7. The molecule has 0 heterocycles. The standard InChI is InChI=1S/C22H29ClFNO3/c1-22(10-13-5-6-14(7-13)11-22)12-28-20-9-17(24)19(8-16(20)23)25-18-4-2-3-15(18)21(26)27/h8-9,13-15,18,25H,2-7,10-12H2,1H3,(H,26,27)/t13-,14+,15?,18?,22?. The summed E-state index contributed by atoms with van der Waals surface area (Å²) < 4.78 is 20.6. The molecule has 0 spiro atoms. The second-order valence-corrected chi connectivity index (χ2v) is 9.85. The number of ether oxygens (including phenoxy) is 1. The van der Waals surface area contributed by atoms with Gasteiger partial charge >= 0.3 is 5.97 Å². The number of nitrogens with one attached hydrogen (secondary N) is 1. The largest absolute Gasteiger partial charge is 0.491 e. The van der Waals surface area contributed by atoms with E-state index >= 15 is 0 Å². The molecule has 4 rings (SSSR count). The second kappa shape index (κ2) is 7.74. The predicted molar refractivity (Wildman–Crippen MR) is 107 cm³/mol. The maximum Gasteiger partial charge on any atom is 0.308 e. The van der Waals surface area contributed by atoms with Gasteiger partial charge in [0.1, 0.15) is 11.6 Å². The number of fused-ring (bicyclic) bond motifs is 2. The van der Waals surface area contributed by atoms with Crippen molar-refractivity contribution >= 4 is 23.3 Å². The zero-order valence-corrected chi connectivity index (χ0v) is 17.1. The van der Waals surface area contributed by atoms with Crippen LogP contribution in [0.4, 0.5) is 10.1 Å². The van der Waals surface area contributed by atoms with E-state index in [1.54, 1.807) is 0 Å². The van der Waals surface area contributed by atoms with Crippen LogP contribution in [0.25, 0.3) is 0 Å². The van der Waals surface area contributed by atoms with Crippen LogP contribution < -0.4 is 10.1 Å². The average molecular weight is 410 g/mol. The van der Waals surface area contributed by atoms with Crippen molar-refractivity contribution in [1.82, 2.24) is 0 Å². The molecule has 1 aromatic rings. The highest BCUT2D eigenvalue weighted by Crippen LogP contribution is 2.50. The van der Waals surface area contributed by atoms with E-state index in [1.807, 2.05) is 0 Å². The van der Waals surface area contributed by atoms with Gasteiger partial charge in [0.05, 0.1) is 23.2 Å². The molecule has 3 aliphatic carbocycles. The Morgan fingerprint density at radius 1 is 1.29 bits per heavy atom. The first-order valence-corrected chi connectivity index (χ1v) is 10.8. The highest BCUT2D eigenvalue weighted by molar-refractivity contribution is 6.32. The lowest BCUT2D eigenvalue weighted by Gasteiger charge is -2.37. The van der Waals surface area contributed by atoms with E-state index in [4.69, 9.17) is 16.3 Å². The van der Waals surface area contributed by atoms with Crippen molar-refractivity contribution in [2.45, 2.75) is 64.3 Å². The number of anilines is 1. The number of rotatable bonds is 6. The van der Waals surface area contributed by atoms with Gasteiger partial charge in [0.15, 0.2) is 0 Å². The second-order valence-electron chi connectivity index (χ2n) is 9.44. The van der Waals surface area contributed by atoms with E-state index in [0.717, 1.165) is 18.3 Å². The Labute approximate surface area is 170 Å². The van der Waals surface area contributed by atoms with Crippen molar-refractivity contribution in [3.8, 4) is 5.75 Å². The number of benzene rings is 1. The van der Waals surface area contributed by atoms with Crippen LogP contribution in [0.5, 0.6) is 5.75 Å². The van der Waals surface area contributed by atoms with Crippen LogP contribution in [0.2, 0.25) is 5.02 Å². The van der Waals surface area contributed by atoms with Crippen LogP contribution in [0.1, 0.15) is 58.3 Å². The molecule has 6 heteroatoms. The first kappa shape index (κ1) is 19.8. The van der Waals surface area contributed by atoms with Gasteiger partial charge in [-0.1, -0.05) is 37.8 Å². The number of hydrogen-bond acceptors (Lipinski definition) is 3. The Morgan fingerprint density at radius 2 is 2.00 bits per heavy atom. The monoisotopic (exact) mass is 409 g/mol. The van der Waals surface area contributed by atoms with Crippen LogP contribution in [0.3, 0.4) is 0 Å². The summed E-state index contributed by atoms with van der Waals surface area (Å²) in [7, 11) is 0. The van der Waals surface area contributed by atoms with Crippen LogP contribution in [0, 0.1) is 29.0 Å². The summed E-state index contributed by atoms with van der Waals surface area (Å²) in [5.41, 5.74) is 0.372. The molecule has 3 saturated carbocycles. The van der Waals surface area contributed by atoms with Gasteiger partial charge in [-0.3, -0.25) is 4.79 Å². The Bertz CT molecular complexity index is 744. The summed E-state index contributed by atoms with van der Waals surface area (Å²) in [6.07, 6.45) is 8.50. The molecular formula is C22H29ClFNO3. The van der Waals surface area contributed by atoms with Crippen LogP contribution >= 0.6 is 11.6 Å². The number of carbonyl (C=O) groups is 1. The molecule has 0 amide bonds. The molecule has 154 valence electrons. The van der Waals surface area contributed by atoms with Crippen LogP contribution in [-0.2, 0) is 4.79 Å². The van der Waals surface area contributed by atoms with E-state index in [1.165, 1.54) is 44.2 Å². The lowest BCUT2D eigenvalue weighted by Crippen LogP contribution is -2.32. The number of hydrogen-bond donors (Lipinski definition) is 2. The normalized spacial score (nSPS) is 34.4. The lowest BCUT2D eigenvalue weighted by atomic mass is 9.71.